The number of ether oxygens (including phenoxy) is 1. The van der Waals surface area contributed by atoms with Crippen molar-refractivity contribution in [2.75, 3.05) is 38.6 Å². The highest BCUT2D eigenvalue weighted by Crippen LogP contribution is 2.39. The minimum Gasteiger partial charge on any atom is -0.496 e. The van der Waals surface area contributed by atoms with E-state index in [0.29, 0.717) is 35.1 Å². The molecule has 10 nitrogen and oxygen atoms in total. The number of carboxylic acids is 2. The Morgan fingerprint density at radius 1 is 0.976 bits per heavy atom. The molecule has 0 atom stereocenters. The highest BCUT2D eigenvalue weighted by atomic mass is 16.5. The summed E-state index contributed by atoms with van der Waals surface area (Å²) in [5, 5.41) is 28.2. The lowest BCUT2D eigenvalue weighted by molar-refractivity contribution is -0.133. The van der Waals surface area contributed by atoms with Crippen molar-refractivity contribution in [3.05, 3.63) is 82.2 Å². The summed E-state index contributed by atoms with van der Waals surface area (Å²) in [6.07, 6.45) is 2.94. The third-order valence-electron chi connectivity index (χ3n) is 7.80. The van der Waals surface area contributed by atoms with E-state index in [1.165, 1.54) is 5.56 Å². The van der Waals surface area contributed by atoms with E-state index in [0.717, 1.165) is 44.6 Å². The van der Waals surface area contributed by atoms with E-state index in [1.807, 2.05) is 12.1 Å². The van der Waals surface area contributed by atoms with Crippen molar-refractivity contribution in [3.8, 4) is 5.75 Å². The van der Waals surface area contributed by atoms with Crippen molar-refractivity contribution < 1.29 is 29.3 Å². The number of carbonyl (C=O) groups is 3. The van der Waals surface area contributed by atoms with Gasteiger partial charge in [-0.2, -0.15) is 0 Å². The molecule has 1 saturated heterocycles. The summed E-state index contributed by atoms with van der Waals surface area (Å²) in [6, 6.07) is 14.5. The lowest BCUT2D eigenvalue weighted by atomic mass is 9.80. The number of urea groups is 1. The van der Waals surface area contributed by atoms with Crippen LogP contribution in [0.5, 0.6) is 5.75 Å². The molecule has 0 saturated carbocycles. The first-order chi connectivity index (χ1) is 19.7. The molecule has 5 N–H and O–H groups in total. The molecule has 218 valence electrons. The molecule has 0 aliphatic carbocycles. The van der Waals surface area contributed by atoms with Gasteiger partial charge >= 0.3 is 18.0 Å². The number of allylic oxidation sites excluding steroid dienone is 2. The average molecular weight is 563 g/mol. The highest BCUT2D eigenvalue weighted by Gasteiger charge is 2.36. The van der Waals surface area contributed by atoms with Gasteiger partial charge in [0.1, 0.15) is 5.75 Å². The lowest BCUT2D eigenvalue weighted by Gasteiger charge is -2.32. The predicted molar refractivity (Wildman–Crippen MR) is 156 cm³/mol. The van der Waals surface area contributed by atoms with Crippen molar-refractivity contribution in [1.29, 1.82) is 0 Å². The van der Waals surface area contributed by atoms with Crippen LogP contribution in [0.15, 0.2) is 71.1 Å². The van der Waals surface area contributed by atoms with Crippen LogP contribution in [0.1, 0.15) is 56.1 Å². The first kappa shape index (κ1) is 29.7. The Morgan fingerprint density at radius 3 is 2.27 bits per heavy atom. The van der Waals surface area contributed by atoms with Crippen LogP contribution in [0, 0.1) is 0 Å². The minimum atomic E-state index is -1.20. The van der Waals surface area contributed by atoms with Gasteiger partial charge in [0.05, 0.1) is 24.2 Å². The van der Waals surface area contributed by atoms with E-state index in [4.69, 9.17) is 4.74 Å². The first-order valence-corrected chi connectivity index (χ1v) is 13.8. The second-order valence-corrected chi connectivity index (χ2v) is 10.5. The Hall–Kier alpha value is -4.31. The number of nitrogens with zero attached hydrogens (tertiary/aromatic N) is 1. The molecule has 2 heterocycles. The number of amides is 2. The molecule has 1 fully saturated rings. The van der Waals surface area contributed by atoms with Crippen molar-refractivity contribution in [3.63, 3.8) is 0 Å². The van der Waals surface area contributed by atoms with Crippen LogP contribution in [0.3, 0.4) is 0 Å². The molecule has 2 aromatic carbocycles. The molecular weight excluding hydrogens is 524 g/mol. The van der Waals surface area contributed by atoms with Gasteiger partial charge in [0.15, 0.2) is 0 Å². The van der Waals surface area contributed by atoms with Crippen molar-refractivity contribution in [1.82, 2.24) is 15.5 Å². The number of carbonyl (C=O) groups excluding carboxylic acids is 1. The smallest absolute Gasteiger partial charge is 0.334 e. The van der Waals surface area contributed by atoms with Gasteiger partial charge in [-0.3, -0.25) is 0 Å². The number of hydrogen-bond acceptors (Lipinski definition) is 6. The normalized spacial score (nSPS) is 16.8. The summed E-state index contributed by atoms with van der Waals surface area (Å²) in [6.45, 7) is 6.60. The molecule has 2 aromatic rings. The van der Waals surface area contributed by atoms with E-state index in [2.05, 4.69) is 33.0 Å². The number of para-hydroxylation sites is 1. The Kier molecular flexibility index (Phi) is 9.67. The van der Waals surface area contributed by atoms with Crippen LogP contribution in [0.25, 0.3) is 0 Å². The standard InChI is InChI=1S/C31H38N4O6/c1-19-26(29(36)37)28(27(30(38)39)20(2)33-19)22-8-6-9-23(18-22)34-31(40)32-14-7-15-35-16-12-21(13-17-35)24-10-4-5-11-25(24)41-3/h4-6,8-11,18,21,28,33H,7,12-17H2,1-3H3,(H,36,37)(H,38,39)(H2,32,34,40). The summed E-state index contributed by atoms with van der Waals surface area (Å²) >= 11 is 0. The van der Waals surface area contributed by atoms with Gasteiger partial charge in [-0.05, 0) is 88.0 Å². The molecule has 0 bridgehead atoms. The third kappa shape index (κ3) is 7.07. The number of nitrogens with one attached hydrogen (secondary N) is 3. The van der Waals surface area contributed by atoms with Crippen LogP contribution >= 0.6 is 0 Å². The number of anilines is 1. The van der Waals surface area contributed by atoms with Gasteiger partial charge in [-0.1, -0.05) is 30.3 Å². The number of methoxy groups -OCH3 is 1. The number of rotatable bonds is 10. The van der Waals surface area contributed by atoms with Crippen molar-refractivity contribution in [2.24, 2.45) is 0 Å². The number of benzene rings is 2. The van der Waals surface area contributed by atoms with E-state index in [9.17, 15) is 24.6 Å². The van der Waals surface area contributed by atoms with Gasteiger partial charge in [-0.15, -0.1) is 0 Å². The Balaban J connectivity index is 1.29. The number of likely N-dealkylation sites (tertiary alicyclic amines) is 1. The molecule has 0 aromatic heterocycles. The Morgan fingerprint density at radius 2 is 1.63 bits per heavy atom. The van der Waals surface area contributed by atoms with E-state index < -0.39 is 17.9 Å². The number of hydrogen-bond donors (Lipinski definition) is 5. The number of aliphatic carboxylic acids is 2. The maximum atomic E-state index is 12.6. The van der Waals surface area contributed by atoms with Crippen LogP contribution in [0.2, 0.25) is 0 Å². The van der Waals surface area contributed by atoms with Crippen LogP contribution in [0.4, 0.5) is 10.5 Å². The molecule has 0 unspecified atom stereocenters. The monoisotopic (exact) mass is 562 g/mol. The zero-order valence-corrected chi connectivity index (χ0v) is 23.7. The van der Waals surface area contributed by atoms with Crippen molar-refractivity contribution >= 4 is 23.7 Å². The fourth-order valence-corrected chi connectivity index (χ4v) is 5.84. The van der Waals surface area contributed by atoms with E-state index in [1.54, 1.807) is 45.2 Å². The summed E-state index contributed by atoms with van der Waals surface area (Å²) in [5.74, 6) is -1.95. The second kappa shape index (κ2) is 13.4. The second-order valence-electron chi connectivity index (χ2n) is 10.5. The zero-order chi connectivity index (χ0) is 29.5. The molecule has 10 heteroatoms. The van der Waals surface area contributed by atoms with Gasteiger partial charge in [0, 0.05) is 23.6 Å². The summed E-state index contributed by atoms with van der Waals surface area (Å²) < 4.78 is 5.53. The fourth-order valence-electron chi connectivity index (χ4n) is 5.84. The molecule has 4 rings (SSSR count). The summed E-state index contributed by atoms with van der Waals surface area (Å²) in [7, 11) is 1.71. The molecule has 0 radical (unpaired) electrons. The summed E-state index contributed by atoms with van der Waals surface area (Å²) in [4.78, 5) is 39.1. The molecule has 41 heavy (non-hydrogen) atoms. The molecular formula is C31H38N4O6. The Bertz CT molecular complexity index is 1320. The first-order valence-electron chi connectivity index (χ1n) is 13.8. The largest absolute Gasteiger partial charge is 0.496 e. The van der Waals surface area contributed by atoms with Crippen LogP contribution in [-0.2, 0) is 9.59 Å². The van der Waals surface area contributed by atoms with Crippen LogP contribution < -0.4 is 20.7 Å². The van der Waals surface area contributed by atoms with E-state index in [-0.39, 0.29) is 17.2 Å². The quantitative estimate of drug-likeness (QED) is 0.267. The molecule has 2 aliphatic heterocycles. The Labute approximate surface area is 240 Å². The third-order valence-corrected chi connectivity index (χ3v) is 7.80. The predicted octanol–water partition coefficient (Wildman–Crippen LogP) is 4.49. The molecule has 2 amide bonds. The lowest BCUT2D eigenvalue weighted by Crippen LogP contribution is -2.36. The molecule has 0 spiro atoms. The zero-order valence-electron chi connectivity index (χ0n) is 23.7. The topological polar surface area (TPSA) is 140 Å². The van der Waals surface area contributed by atoms with Gasteiger partial charge < -0.3 is 35.8 Å². The fraction of sp³-hybridized carbons (Fsp3) is 0.387. The van der Waals surface area contributed by atoms with Crippen molar-refractivity contribution in [2.45, 2.75) is 44.9 Å². The summed E-state index contributed by atoms with van der Waals surface area (Å²) in [5.41, 5.74) is 2.86. The minimum absolute atomic E-state index is 0.0402. The van der Waals surface area contributed by atoms with Gasteiger partial charge in [0.25, 0.3) is 0 Å². The maximum absolute atomic E-state index is 12.6. The highest BCUT2D eigenvalue weighted by molar-refractivity contribution is 5.98. The van der Waals surface area contributed by atoms with Gasteiger partial charge in [0.2, 0.25) is 0 Å². The average Bonchev–Trinajstić information content (AvgIpc) is 2.95. The van der Waals surface area contributed by atoms with Crippen LogP contribution in [-0.4, -0.2) is 66.4 Å². The number of carboxylic acid groups (broad SMARTS) is 2. The van der Waals surface area contributed by atoms with E-state index >= 15 is 0 Å². The van der Waals surface area contributed by atoms with Gasteiger partial charge in [-0.25, -0.2) is 14.4 Å². The number of dihydropyridines is 1. The SMILES string of the molecule is COc1ccccc1C1CCN(CCCNC(=O)Nc2cccc(C3C(C(=O)O)=C(C)NC(C)=C3C(=O)O)c2)CC1. The molecule has 2 aliphatic rings. The maximum Gasteiger partial charge on any atom is 0.334 e. The number of piperidine rings is 1.